The Labute approximate surface area is 143 Å². The van der Waals surface area contributed by atoms with E-state index < -0.39 is 0 Å². The van der Waals surface area contributed by atoms with Gasteiger partial charge in [0.05, 0.1) is 5.69 Å². The zero-order chi connectivity index (χ0) is 16.7. The van der Waals surface area contributed by atoms with Crippen LogP contribution in [0, 0.1) is 4.77 Å². The number of likely N-dealkylation sites (N-methyl/N-ethyl adjacent to an activating group) is 1. The Bertz CT molecular complexity index is 1020. The lowest BCUT2D eigenvalue weighted by Crippen LogP contribution is -2.26. The average Bonchev–Trinajstić information content (AvgIpc) is 3.10. The van der Waals surface area contributed by atoms with Crippen molar-refractivity contribution in [3.05, 3.63) is 64.9 Å². The number of nitrogens with zero attached hydrogens (tertiary/aromatic N) is 4. The lowest BCUT2D eigenvalue weighted by atomic mass is 10.1. The van der Waals surface area contributed by atoms with Gasteiger partial charge < -0.3 is 4.90 Å². The first-order chi connectivity index (χ1) is 11.7. The molecule has 0 bridgehead atoms. The molecule has 7 heteroatoms. The first-order valence-electron chi connectivity index (χ1n) is 7.36. The van der Waals surface area contributed by atoms with Crippen LogP contribution in [0.25, 0.3) is 11.4 Å². The van der Waals surface area contributed by atoms with E-state index in [4.69, 9.17) is 12.2 Å². The van der Waals surface area contributed by atoms with Crippen molar-refractivity contribution < 1.29 is 4.79 Å². The molecule has 118 valence electrons. The molecule has 1 aliphatic rings. The number of amides is 1. The summed E-state index contributed by atoms with van der Waals surface area (Å²) in [5.74, 6) is 0.395. The predicted octanol–water partition coefficient (Wildman–Crippen LogP) is 2.84. The maximum Gasteiger partial charge on any atom is 0.279 e. The van der Waals surface area contributed by atoms with E-state index in [2.05, 4.69) is 15.3 Å². The molecule has 0 saturated heterocycles. The van der Waals surface area contributed by atoms with Gasteiger partial charge in [0.25, 0.3) is 5.91 Å². The van der Waals surface area contributed by atoms with Crippen molar-refractivity contribution in [1.29, 1.82) is 0 Å². The van der Waals surface area contributed by atoms with Crippen molar-refractivity contribution in [2.75, 3.05) is 11.9 Å². The average molecular weight is 335 g/mol. The van der Waals surface area contributed by atoms with Crippen LogP contribution in [0.5, 0.6) is 0 Å². The highest BCUT2D eigenvalue weighted by molar-refractivity contribution is 7.71. The molecule has 1 amide bonds. The van der Waals surface area contributed by atoms with Crippen molar-refractivity contribution in [2.45, 2.75) is 0 Å². The molecule has 1 N–H and O–H groups in total. The minimum absolute atomic E-state index is 0.168. The molecule has 0 spiro atoms. The monoisotopic (exact) mass is 335 g/mol. The maximum absolute atomic E-state index is 12.6. The van der Waals surface area contributed by atoms with Gasteiger partial charge in [-0.15, -0.1) is 0 Å². The summed E-state index contributed by atoms with van der Waals surface area (Å²) in [6.45, 7) is 0. The quantitative estimate of drug-likeness (QED) is 0.732. The Hall–Kier alpha value is -3.06. The predicted molar refractivity (Wildman–Crippen MR) is 94.6 cm³/mol. The lowest BCUT2D eigenvalue weighted by molar-refractivity contribution is -0.112. The third-order valence-electron chi connectivity index (χ3n) is 3.91. The number of rotatable bonds is 2. The molecule has 0 unspecified atom stereocenters. The van der Waals surface area contributed by atoms with E-state index in [-0.39, 0.29) is 5.91 Å². The van der Waals surface area contributed by atoms with Crippen molar-refractivity contribution in [3.8, 4) is 11.4 Å². The molecule has 6 nitrogen and oxygen atoms in total. The molecule has 0 fully saturated rings. The van der Waals surface area contributed by atoms with Gasteiger partial charge in [-0.3, -0.25) is 4.79 Å². The molecule has 4 rings (SSSR count). The molecule has 0 atom stereocenters. The number of para-hydroxylation sites is 1. The standard InChI is InChI=1S/C17H13N5OS/c1-21-13-10-6-5-9-12(13)14(16(21)23)20-22-15(18-19-17(22)24)11-7-3-2-4-8-11/h2-10H,1H3,(H,19,24)/b20-14+. The van der Waals surface area contributed by atoms with Crippen LogP contribution in [0.2, 0.25) is 0 Å². The fraction of sp³-hybridized carbons (Fsp3) is 0.0588. The zero-order valence-electron chi connectivity index (χ0n) is 12.8. The van der Waals surface area contributed by atoms with Crippen molar-refractivity contribution >= 4 is 29.5 Å². The number of nitrogens with one attached hydrogen (secondary N) is 1. The van der Waals surface area contributed by atoms with E-state index in [1.807, 2.05) is 54.6 Å². The molecule has 0 aliphatic carbocycles. The molecule has 0 radical (unpaired) electrons. The fourth-order valence-corrected chi connectivity index (χ4v) is 2.88. The summed E-state index contributed by atoms with van der Waals surface area (Å²) in [7, 11) is 1.73. The van der Waals surface area contributed by atoms with Gasteiger partial charge in [-0.1, -0.05) is 48.5 Å². The fourth-order valence-electron chi connectivity index (χ4n) is 2.70. The number of carbonyl (C=O) groups is 1. The third kappa shape index (κ3) is 2.17. The van der Waals surface area contributed by atoms with E-state index in [1.54, 1.807) is 11.9 Å². The van der Waals surface area contributed by atoms with Crippen LogP contribution in [-0.4, -0.2) is 33.5 Å². The van der Waals surface area contributed by atoms with Crippen LogP contribution >= 0.6 is 12.2 Å². The van der Waals surface area contributed by atoms with Crippen LogP contribution in [0.4, 0.5) is 5.69 Å². The number of benzene rings is 2. The first-order valence-corrected chi connectivity index (χ1v) is 7.77. The molecule has 3 aromatic rings. The van der Waals surface area contributed by atoms with Gasteiger partial charge in [-0.05, 0) is 18.3 Å². The van der Waals surface area contributed by atoms with Gasteiger partial charge in [0.1, 0.15) is 0 Å². The highest BCUT2D eigenvalue weighted by Crippen LogP contribution is 2.28. The minimum atomic E-state index is -0.168. The second-order valence-corrected chi connectivity index (χ2v) is 5.75. The van der Waals surface area contributed by atoms with Crippen LogP contribution in [0.3, 0.4) is 0 Å². The number of aromatic amines is 1. The second kappa shape index (κ2) is 5.54. The number of aromatic nitrogens is 3. The summed E-state index contributed by atoms with van der Waals surface area (Å²) < 4.78 is 1.83. The molecular formula is C17H13N5OS. The Morgan fingerprint density at radius 2 is 1.79 bits per heavy atom. The lowest BCUT2D eigenvalue weighted by Gasteiger charge is -2.07. The first kappa shape index (κ1) is 14.5. The Morgan fingerprint density at radius 3 is 2.58 bits per heavy atom. The number of fused-ring (bicyclic) bond motifs is 1. The molecule has 0 saturated carbocycles. The summed E-state index contributed by atoms with van der Waals surface area (Å²) in [5.41, 5.74) is 2.83. The summed E-state index contributed by atoms with van der Waals surface area (Å²) in [5, 5.41) is 11.5. The van der Waals surface area contributed by atoms with E-state index >= 15 is 0 Å². The van der Waals surface area contributed by atoms with Gasteiger partial charge in [0, 0.05) is 18.2 Å². The molecular weight excluding hydrogens is 322 g/mol. The summed E-state index contributed by atoms with van der Waals surface area (Å²) in [4.78, 5) is 14.1. The van der Waals surface area contributed by atoms with Gasteiger partial charge in [-0.25, -0.2) is 5.10 Å². The van der Waals surface area contributed by atoms with Crippen molar-refractivity contribution in [2.24, 2.45) is 5.10 Å². The van der Waals surface area contributed by atoms with Crippen LogP contribution < -0.4 is 4.90 Å². The van der Waals surface area contributed by atoms with Gasteiger partial charge in [-0.2, -0.15) is 14.9 Å². The van der Waals surface area contributed by atoms with E-state index in [9.17, 15) is 4.79 Å². The van der Waals surface area contributed by atoms with Gasteiger partial charge in [0.2, 0.25) is 4.77 Å². The third-order valence-corrected chi connectivity index (χ3v) is 4.17. The topological polar surface area (TPSA) is 66.3 Å². The number of H-pyrrole nitrogens is 1. The molecule has 24 heavy (non-hydrogen) atoms. The highest BCUT2D eigenvalue weighted by atomic mass is 32.1. The summed E-state index contributed by atoms with van der Waals surface area (Å²) in [6, 6.07) is 17.1. The number of hydrogen-bond donors (Lipinski definition) is 1. The Morgan fingerprint density at radius 1 is 1.08 bits per heavy atom. The molecule has 2 heterocycles. The largest absolute Gasteiger partial charge is 0.309 e. The maximum atomic E-state index is 12.6. The number of anilines is 1. The molecule has 1 aliphatic heterocycles. The van der Waals surface area contributed by atoms with Crippen LogP contribution in [-0.2, 0) is 4.79 Å². The number of carbonyl (C=O) groups excluding carboxylic acids is 1. The zero-order valence-corrected chi connectivity index (χ0v) is 13.6. The van der Waals surface area contributed by atoms with E-state index in [0.29, 0.717) is 16.3 Å². The second-order valence-electron chi connectivity index (χ2n) is 5.36. The molecule has 2 aromatic carbocycles. The van der Waals surface area contributed by atoms with E-state index in [0.717, 1.165) is 16.8 Å². The Kier molecular flexibility index (Phi) is 3.35. The normalized spacial score (nSPS) is 15.1. The van der Waals surface area contributed by atoms with E-state index in [1.165, 1.54) is 4.68 Å². The summed E-state index contributed by atoms with van der Waals surface area (Å²) >= 11 is 5.29. The Balaban J connectivity index is 1.91. The van der Waals surface area contributed by atoms with Crippen LogP contribution in [0.1, 0.15) is 5.56 Å². The van der Waals surface area contributed by atoms with Crippen LogP contribution in [0.15, 0.2) is 59.7 Å². The van der Waals surface area contributed by atoms with Crippen molar-refractivity contribution in [1.82, 2.24) is 14.9 Å². The smallest absolute Gasteiger partial charge is 0.279 e. The molecule has 1 aromatic heterocycles. The summed E-state index contributed by atoms with van der Waals surface area (Å²) in [6.07, 6.45) is 0. The van der Waals surface area contributed by atoms with Crippen molar-refractivity contribution in [3.63, 3.8) is 0 Å². The van der Waals surface area contributed by atoms with Gasteiger partial charge >= 0.3 is 0 Å². The van der Waals surface area contributed by atoms with Gasteiger partial charge in [0.15, 0.2) is 11.5 Å². The number of hydrogen-bond acceptors (Lipinski definition) is 4. The SMILES string of the molecule is CN1C(=O)/C(=N/n2c(-c3ccccc3)n[nH]c2=S)c2ccccc21. The minimum Gasteiger partial charge on any atom is -0.309 e. The highest BCUT2D eigenvalue weighted by Gasteiger charge is 2.31.